The van der Waals surface area contributed by atoms with Crippen molar-refractivity contribution in [2.75, 3.05) is 12.4 Å². The van der Waals surface area contributed by atoms with Gasteiger partial charge in [0.25, 0.3) is 0 Å². The number of hydrogen-bond acceptors (Lipinski definition) is 7. The van der Waals surface area contributed by atoms with Crippen LogP contribution in [0.1, 0.15) is 22.4 Å². The number of anilines is 1. The molecule has 5 nitrogen and oxygen atoms in total. The molecule has 0 aromatic carbocycles. The van der Waals surface area contributed by atoms with E-state index in [2.05, 4.69) is 16.9 Å². The van der Waals surface area contributed by atoms with Crippen LogP contribution in [0.15, 0.2) is 36.7 Å². The van der Waals surface area contributed by atoms with Crippen LogP contribution in [0.25, 0.3) is 5.70 Å². The molecule has 24 heavy (non-hydrogen) atoms. The summed E-state index contributed by atoms with van der Waals surface area (Å²) in [5.41, 5.74) is 15.1. The predicted molar refractivity (Wildman–Crippen MR) is 104 cm³/mol. The average Bonchev–Trinajstić information content (AvgIpc) is 2.95. The highest BCUT2D eigenvalue weighted by Crippen LogP contribution is 2.44. The van der Waals surface area contributed by atoms with Gasteiger partial charge >= 0.3 is 0 Å². The maximum absolute atomic E-state index is 6.05. The Morgan fingerprint density at radius 3 is 2.83 bits per heavy atom. The van der Waals surface area contributed by atoms with Crippen molar-refractivity contribution in [2.45, 2.75) is 12.8 Å². The largest absolute Gasteiger partial charge is 0.444 e. The van der Waals surface area contributed by atoms with Crippen molar-refractivity contribution in [3.63, 3.8) is 0 Å². The average molecular weight is 358 g/mol. The zero-order chi connectivity index (χ0) is 17.3. The van der Waals surface area contributed by atoms with E-state index < -0.39 is 0 Å². The molecule has 0 bridgehead atoms. The fourth-order valence-corrected chi connectivity index (χ4v) is 4.19. The molecule has 0 radical (unpaired) electrons. The molecule has 0 unspecified atom stereocenters. The smallest absolute Gasteiger partial charge is 0.190 e. The van der Waals surface area contributed by atoms with Crippen molar-refractivity contribution in [1.29, 1.82) is 0 Å². The summed E-state index contributed by atoms with van der Waals surface area (Å²) in [6, 6.07) is 3.70. The van der Waals surface area contributed by atoms with Gasteiger partial charge in [0, 0.05) is 12.7 Å². The van der Waals surface area contributed by atoms with Crippen LogP contribution in [0.5, 0.6) is 10.8 Å². The van der Waals surface area contributed by atoms with Crippen molar-refractivity contribution >= 4 is 39.9 Å². The Balaban J connectivity index is 2.04. The fraction of sp³-hybridized carbons (Fsp3) is 0.176. The Morgan fingerprint density at radius 1 is 1.46 bits per heavy atom. The summed E-state index contributed by atoms with van der Waals surface area (Å²) < 4.78 is 6.05. The third-order valence-electron chi connectivity index (χ3n) is 3.83. The first-order valence-corrected chi connectivity index (χ1v) is 8.65. The monoisotopic (exact) mass is 358 g/mol. The van der Waals surface area contributed by atoms with Crippen LogP contribution >= 0.6 is 23.6 Å². The van der Waals surface area contributed by atoms with Gasteiger partial charge in [0.1, 0.15) is 11.6 Å². The molecule has 2 aromatic rings. The molecule has 0 amide bonds. The van der Waals surface area contributed by atoms with Crippen LogP contribution in [0, 0.1) is 0 Å². The van der Waals surface area contributed by atoms with E-state index in [4.69, 9.17) is 28.4 Å². The minimum atomic E-state index is 0.526. The SMILES string of the molecule is C=C(N)c1sc(Oc2ccc(NC)nc2)c2c1CCC(=CN)C2=S. The van der Waals surface area contributed by atoms with E-state index in [1.807, 2.05) is 19.2 Å². The van der Waals surface area contributed by atoms with E-state index in [-0.39, 0.29) is 0 Å². The van der Waals surface area contributed by atoms with Gasteiger partial charge in [-0.1, -0.05) is 30.1 Å². The van der Waals surface area contributed by atoms with E-state index in [9.17, 15) is 0 Å². The lowest BCUT2D eigenvalue weighted by atomic mass is 9.89. The second-order valence-corrected chi connectivity index (χ2v) is 6.74. The third-order valence-corrected chi connectivity index (χ3v) is 5.49. The molecule has 0 saturated heterocycles. The molecule has 1 aliphatic rings. The van der Waals surface area contributed by atoms with Crippen LogP contribution in [0.3, 0.4) is 0 Å². The molecule has 2 heterocycles. The molecule has 0 spiro atoms. The first-order chi connectivity index (χ1) is 11.5. The van der Waals surface area contributed by atoms with Gasteiger partial charge in [-0.2, -0.15) is 0 Å². The Morgan fingerprint density at radius 2 is 2.25 bits per heavy atom. The third kappa shape index (κ3) is 2.88. The number of pyridine rings is 1. The number of nitrogens with one attached hydrogen (secondary N) is 1. The van der Waals surface area contributed by atoms with Crippen LogP contribution in [0.4, 0.5) is 5.82 Å². The van der Waals surface area contributed by atoms with Crippen LogP contribution in [-0.4, -0.2) is 16.9 Å². The number of thiocarbonyl (C=S) groups is 1. The summed E-state index contributed by atoms with van der Waals surface area (Å²) in [5, 5.41) is 3.68. The number of nitrogens with zero attached hydrogens (tertiary/aromatic N) is 1. The van der Waals surface area contributed by atoms with E-state index in [1.54, 1.807) is 12.4 Å². The van der Waals surface area contributed by atoms with Gasteiger partial charge in [-0.15, -0.1) is 0 Å². The molecule has 0 aliphatic heterocycles. The van der Waals surface area contributed by atoms with Crippen molar-refractivity contribution < 1.29 is 4.74 Å². The molecule has 0 atom stereocenters. The van der Waals surface area contributed by atoms with E-state index in [0.717, 1.165) is 45.1 Å². The number of nitrogens with two attached hydrogens (primary N) is 2. The van der Waals surface area contributed by atoms with E-state index in [1.165, 1.54) is 11.3 Å². The van der Waals surface area contributed by atoms with Gasteiger partial charge in [0.15, 0.2) is 5.06 Å². The number of rotatable bonds is 4. The molecular weight excluding hydrogens is 340 g/mol. The first kappa shape index (κ1) is 16.5. The van der Waals surface area contributed by atoms with Crippen LogP contribution in [0.2, 0.25) is 0 Å². The summed E-state index contributed by atoms with van der Waals surface area (Å²) in [4.78, 5) is 5.91. The Bertz CT molecular complexity index is 837. The van der Waals surface area contributed by atoms with Crippen LogP contribution in [-0.2, 0) is 6.42 Å². The molecule has 7 heteroatoms. The standard InChI is InChI=1S/C17H18N4OS2/c1-9(19)16-12-5-3-10(7-18)15(23)14(12)17(24-16)22-11-4-6-13(20-2)21-8-11/h4,6-8H,1,3,5,18-19H2,2H3,(H,20,21). The van der Waals surface area contributed by atoms with Gasteiger partial charge in [-0.3, -0.25) is 0 Å². The van der Waals surface area contributed by atoms with Gasteiger partial charge in [0.05, 0.1) is 21.5 Å². The zero-order valence-electron chi connectivity index (χ0n) is 13.3. The quantitative estimate of drug-likeness (QED) is 0.573. The predicted octanol–water partition coefficient (Wildman–Crippen LogP) is 3.41. The second kappa shape index (κ2) is 6.62. The summed E-state index contributed by atoms with van der Waals surface area (Å²) in [6.07, 6.45) is 4.87. The van der Waals surface area contributed by atoms with Crippen molar-refractivity contribution in [2.24, 2.45) is 11.5 Å². The summed E-state index contributed by atoms with van der Waals surface area (Å²) >= 11 is 7.07. The number of allylic oxidation sites excluding steroid dienone is 1. The highest BCUT2D eigenvalue weighted by atomic mass is 32.1. The fourth-order valence-electron chi connectivity index (χ4n) is 2.63. The maximum atomic E-state index is 6.05. The summed E-state index contributed by atoms with van der Waals surface area (Å²) in [7, 11) is 1.82. The van der Waals surface area contributed by atoms with Crippen molar-refractivity contribution in [3.05, 3.63) is 52.7 Å². The molecule has 2 aromatic heterocycles. The Hall–Kier alpha value is -2.38. The summed E-state index contributed by atoms with van der Waals surface area (Å²) in [6.45, 7) is 3.87. The normalized spacial score (nSPS) is 15.2. The molecule has 0 saturated carbocycles. The first-order valence-electron chi connectivity index (χ1n) is 7.42. The number of aromatic nitrogens is 1. The minimum absolute atomic E-state index is 0.526. The maximum Gasteiger partial charge on any atom is 0.190 e. The molecule has 3 rings (SSSR count). The summed E-state index contributed by atoms with van der Waals surface area (Å²) in [5.74, 6) is 1.41. The lowest BCUT2D eigenvalue weighted by Crippen LogP contribution is -2.14. The molecule has 124 valence electrons. The van der Waals surface area contributed by atoms with E-state index in [0.29, 0.717) is 16.5 Å². The van der Waals surface area contributed by atoms with Crippen molar-refractivity contribution in [3.8, 4) is 10.8 Å². The molecular formula is C17H18N4OS2. The molecule has 5 N–H and O–H groups in total. The number of fused-ring (bicyclic) bond motifs is 1. The topological polar surface area (TPSA) is 86.2 Å². The van der Waals surface area contributed by atoms with Gasteiger partial charge in [0.2, 0.25) is 0 Å². The lowest BCUT2D eigenvalue weighted by molar-refractivity contribution is 0.493. The van der Waals surface area contributed by atoms with E-state index >= 15 is 0 Å². The van der Waals surface area contributed by atoms with Crippen LogP contribution < -0.4 is 21.5 Å². The molecule has 1 aliphatic carbocycles. The van der Waals surface area contributed by atoms with Crippen molar-refractivity contribution in [1.82, 2.24) is 4.98 Å². The lowest BCUT2D eigenvalue weighted by Gasteiger charge is -2.18. The molecule has 0 fully saturated rings. The van der Waals surface area contributed by atoms with Gasteiger partial charge in [-0.25, -0.2) is 4.98 Å². The van der Waals surface area contributed by atoms with Gasteiger partial charge in [-0.05, 0) is 42.3 Å². The number of ether oxygens (including phenoxy) is 1. The zero-order valence-corrected chi connectivity index (χ0v) is 14.9. The number of thiophene rings is 1. The minimum Gasteiger partial charge on any atom is -0.444 e. The van der Waals surface area contributed by atoms with Gasteiger partial charge < -0.3 is 21.5 Å². The Labute approximate surface area is 150 Å². The highest BCUT2D eigenvalue weighted by Gasteiger charge is 2.29. The Kier molecular flexibility index (Phi) is 4.55. The second-order valence-electron chi connectivity index (χ2n) is 5.35. The highest BCUT2D eigenvalue weighted by molar-refractivity contribution is 7.81. The number of hydrogen-bond donors (Lipinski definition) is 3.